The Morgan fingerprint density at radius 2 is 1.44 bits per heavy atom. The Hall–Kier alpha value is -3.85. The summed E-state index contributed by atoms with van der Waals surface area (Å²) in [7, 11) is 2.23. The maximum atomic E-state index is 2.59. The third-order valence-corrected chi connectivity index (χ3v) is 8.12. The fraction of sp³-hybridized carbons (Fsp3) is 0.242. The van der Waals surface area contributed by atoms with E-state index in [1.54, 1.807) is 0 Å². The zero-order valence-corrected chi connectivity index (χ0v) is 21.7. The molecule has 0 saturated heterocycles. The number of imidazole rings is 1. The standard InChI is InChI=1S/C33H32N3/c1-20(2)25-18-26-24-14-8-9-15-27(24)34(5)31(26)30(21(3)4)32(25)36-29-17-11-10-16-28(29)35-19-22-12-6-7-13-23(22)33(35)36/h6-18,20-21H,19H2,1-5H3/q+1. The molecule has 0 radical (unpaired) electrons. The number of hydrogen-bond donors (Lipinski definition) is 0. The van der Waals surface area contributed by atoms with E-state index in [4.69, 9.17) is 0 Å². The smallest absolute Gasteiger partial charge is 0.295 e. The van der Waals surface area contributed by atoms with Crippen LogP contribution in [0.2, 0.25) is 0 Å². The molecule has 0 amide bonds. The summed E-state index contributed by atoms with van der Waals surface area (Å²) in [6.07, 6.45) is 0. The van der Waals surface area contributed by atoms with Gasteiger partial charge in [0.15, 0.2) is 11.0 Å². The number of aryl methyl sites for hydroxylation is 1. The number of nitrogens with zero attached hydrogens (tertiary/aromatic N) is 3. The van der Waals surface area contributed by atoms with Crippen LogP contribution in [0.3, 0.4) is 0 Å². The molecule has 1 aliphatic heterocycles. The Balaban J connectivity index is 1.73. The summed E-state index contributed by atoms with van der Waals surface area (Å²) >= 11 is 0. The summed E-state index contributed by atoms with van der Waals surface area (Å²) in [5.41, 5.74) is 12.2. The average Bonchev–Trinajstić information content (AvgIpc) is 3.50. The predicted molar refractivity (Wildman–Crippen MR) is 150 cm³/mol. The SMILES string of the molecule is CC(C)c1cc2c3ccccc3n(C)c2c(C(C)C)c1-n1c2[n+](c3ccccc31)Cc1ccccc1-2. The fourth-order valence-corrected chi connectivity index (χ4v) is 6.55. The number of fused-ring (bicyclic) bond motifs is 8. The highest BCUT2D eigenvalue weighted by Gasteiger charge is 2.37. The molecule has 0 aliphatic carbocycles. The van der Waals surface area contributed by atoms with Crippen LogP contribution in [0.15, 0.2) is 78.9 Å². The Labute approximate surface area is 212 Å². The van der Waals surface area contributed by atoms with Crippen molar-refractivity contribution in [1.82, 2.24) is 9.13 Å². The zero-order valence-electron chi connectivity index (χ0n) is 21.7. The van der Waals surface area contributed by atoms with Gasteiger partial charge in [-0.15, -0.1) is 0 Å². The van der Waals surface area contributed by atoms with Gasteiger partial charge < -0.3 is 4.57 Å². The highest BCUT2D eigenvalue weighted by atomic mass is 15.2. The van der Waals surface area contributed by atoms with Gasteiger partial charge in [-0.2, -0.15) is 4.57 Å². The van der Waals surface area contributed by atoms with Gasteiger partial charge in [-0.3, -0.25) is 0 Å². The van der Waals surface area contributed by atoms with Gasteiger partial charge in [0.1, 0.15) is 12.2 Å². The molecule has 0 fully saturated rings. The van der Waals surface area contributed by atoms with E-state index >= 15 is 0 Å². The van der Waals surface area contributed by atoms with Crippen LogP contribution < -0.4 is 4.57 Å². The van der Waals surface area contributed by atoms with E-state index in [0.717, 1.165) is 6.54 Å². The lowest BCUT2D eigenvalue weighted by molar-refractivity contribution is -0.645. The molecule has 7 rings (SSSR count). The molecular formula is C33H32N3+. The van der Waals surface area contributed by atoms with Gasteiger partial charge in [0.2, 0.25) is 0 Å². The first-order valence-electron chi connectivity index (χ1n) is 13.1. The van der Waals surface area contributed by atoms with Gasteiger partial charge in [0.05, 0.1) is 11.1 Å². The maximum absolute atomic E-state index is 2.59. The molecule has 3 heterocycles. The summed E-state index contributed by atoms with van der Waals surface area (Å²) in [4.78, 5) is 0. The lowest BCUT2D eigenvalue weighted by atomic mass is 9.89. The lowest BCUT2D eigenvalue weighted by Gasteiger charge is -2.20. The predicted octanol–water partition coefficient (Wildman–Crippen LogP) is 7.84. The highest BCUT2D eigenvalue weighted by Crippen LogP contribution is 2.44. The van der Waals surface area contributed by atoms with Gasteiger partial charge in [-0.1, -0.05) is 76.2 Å². The van der Waals surface area contributed by atoms with Crippen LogP contribution in [-0.2, 0) is 13.6 Å². The largest absolute Gasteiger partial charge is 0.343 e. The van der Waals surface area contributed by atoms with Gasteiger partial charge in [0.25, 0.3) is 5.82 Å². The van der Waals surface area contributed by atoms with Crippen LogP contribution in [0.4, 0.5) is 0 Å². The van der Waals surface area contributed by atoms with Gasteiger partial charge in [-0.05, 0) is 42.2 Å². The molecule has 0 N–H and O–H groups in total. The molecule has 0 spiro atoms. The molecule has 3 nitrogen and oxygen atoms in total. The van der Waals surface area contributed by atoms with Crippen LogP contribution in [0.25, 0.3) is 49.9 Å². The minimum Gasteiger partial charge on any atom is -0.343 e. The number of para-hydroxylation sites is 3. The normalized spacial score (nSPS) is 13.0. The molecule has 3 heteroatoms. The minimum atomic E-state index is 0.364. The van der Waals surface area contributed by atoms with Gasteiger partial charge in [-0.25, -0.2) is 4.57 Å². The third kappa shape index (κ3) is 2.71. The van der Waals surface area contributed by atoms with E-state index in [0.29, 0.717) is 11.8 Å². The molecule has 178 valence electrons. The van der Waals surface area contributed by atoms with Crippen molar-refractivity contribution in [2.45, 2.75) is 46.1 Å². The van der Waals surface area contributed by atoms with E-state index in [1.165, 1.54) is 66.6 Å². The van der Waals surface area contributed by atoms with Crippen LogP contribution in [0.1, 0.15) is 56.2 Å². The third-order valence-electron chi connectivity index (χ3n) is 8.12. The Morgan fingerprint density at radius 3 is 2.22 bits per heavy atom. The number of benzene rings is 4. The lowest BCUT2D eigenvalue weighted by Crippen LogP contribution is -2.31. The zero-order chi connectivity index (χ0) is 24.7. The van der Waals surface area contributed by atoms with Crippen molar-refractivity contribution in [2.75, 3.05) is 0 Å². The molecule has 0 saturated carbocycles. The average molecular weight is 471 g/mol. The number of hydrogen-bond acceptors (Lipinski definition) is 0. The second kappa shape index (κ2) is 7.57. The van der Waals surface area contributed by atoms with Crippen molar-refractivity contribution in [2.24, 2.45) is 7.05 Å². The summed E-state index contributed by atoms with van der Waals surface area (Å²) < 4.78 is 7.52. The number of rotatable bonds is 3. The molecule has 4 aromatic carbocycles. The van der Waals surface area contributed by atoms with Crippen molar-refractivity contribution in [3.05, 3.63) is 95.6 Å². The Kier molecular flexibility index (Phi) is 4.51. The van der Waals surface area contributed by atoms with Crippen molar-refractivity contribution in [3.8, 4) is 17.1 Å². The summed E-state index contributed by atoms with van der Waals surface area (Å²) in [6, 6.07) is 29.2. The van der Waals surface area contributed by atoms with Crippen LogP contribution >= 0.6 is 0 Å². The van der Waals surface area contributed by atoms with Crippen LogP contribution in [0.5, 0.6) is 0 Å². The van der Waals surface area contributed by atoms with E-state index < -0.39 is 0 Å². The topological polar surface area (TPSA) is 13.7 Å². The molecule has 6 aromatic rings. The van der Waals surface area contributed by atoms with Crippen molar-refractivity contribution >= 4 is 32.8 Å². The second-order valence-electron chi connectivity index (χ2n) is 10.9. The maximum Gasteiger partial charge on any atom is 0.295 e. The summed E-state index contributed by atoms with van der Waals surface area (Å²) in [6.45, 7) is 10.3. The minimum absolute atomic E-state index is 0.364. The van der Waals surface area contributed by atoms with E-state index in [9.17, 15) is 0 Å². The second-order valence-corrected chi connectivity index (χ2v) is 10.9. The van der Waals surface area contributed by atoms with Crippen molar-refractivity contribution in [1.29, 1.82) is 0 Å². The molecule has 2 aromatic heterocycles. The van der Waals surface area contributed by atoms with E-state index in [-0.39, 0.29) is 0 Å². The van der Waals surface area contributed by atoms with Gasteiger partial charge >= 0.3 is 0 Å². The quantitative estimate of drug-likeness (QED) is 0.234. The monoisotopic (exact) mass is 470 g/mol. The molecule has 0 atom stereocenters. The van der Waals surface area contributed by atoms with E-state index in [1.807, 2.05) is 0 Å². The summed E-state index contributed by atoms with van der Waals surface area (Å²) in [5.74, 6) is 2.05. The number of aromatic nitrogens is 3. The first kappa shape index (κ1) is 21.4. The van der Waals surface area contributed by atoms with E-state index in [2.05, 4.69) is 127 Å². The van der Waals surface area contributed by atoms with Crippen LogP contribution in [-0.4, -0.2) is 9.13 Å². The molecule has 36 heavy (non-hydrogen) atoms. The highest BCUT2D eigenvalue weighted by molar-refractivity contribution is 6.10. The van der Waals surface area contributed by atoms with Crippen molar-refractivity contribution < 1.29 is 4.57 Å². The first-order chi connectivity index (χ1) is 17.5. The molecule has 0 bridgehead atoms. The molecule has 1 aliphatic rings. The fourth-order valence-electron chi connectivity index (χ4n) is 6.55. The molecule has 0 unspecified atom stereocenters. The van der Waals surface area contributed by atoms with Crippen LogP contribution in [0, 0.1) is 0 Å². The van der Waals surface area contributed by atoms with Gasteiger partial charge in [0, 0.05) is 40.0 Å². The Bertz CT molecular complexity index is 1830. The molecular weight excluding hydrogens is 438 g/mol. The van der Waals surface area contributed by atoms with Crippen molar-refractivity contribution in [3.63, 3.8) is 0 Å². The Morgan fingerprint density at radius 1 is 0.750 bits per heavy atom. The summed E-state index contributed by atoms with van der Waals surface area (Å²) in [5, 5.41) is 2.71. The first-order valence-corrected chi connectivity index (χ1v) is 13.1.